The maximum atomic E-state index is 5.61. The molecule has 0 aliphatic heterocycles. The van der Waals surface area contributed by atoms with Crippen LogP contribution in [0.3, 0.4) is 0 Å². The molecule has 2 aromatic rings. The van der Waals surface area contributed by atoms with E-state index < -0.39 is 7.92 Å². The second kappa shape index (κ2) is 6.81. The molecule has 0 N–H and O–H groups in total. The van der Waals surface area contributed by atoms with Gasteiger partial charge in [0.1, 0.15) is 11.5 Å². The lowest BCUT2D eigenvalue weighted by Crippen LogP contribution is -2.21. The zero-order valence-corrected chi connectivity index (χ0v) is 13.7. The summed E-state index contributed by atoms with van der Waals surface area (Å²) in [6.07, 6.45) is 8.74. The Morgan fingerprint density at radius 3 is 1.64 bits per heavy atom. The molecule has 0 heterocycles. The molecule has 1 aliphatic rings. The Kier molecular flexibility index (Phi) is 4.60. The minimum Gasteiger partial charge on any atom is -0.496 e. The number of para-hydroxylation sites is 2. The number of methoxy groups -OCH3 is 2. The Balaban J connectivity index is 2.16. The predicted molar refractivity (Wildman–Crippen MR) is 94.2 cm³/mol. The average Bonchev–Trinajstić information content (AvgIpc) is 3.10. The van der Waals surface area contributed by atoms with Crippen molar-refractivity contribution in [1.29, 1.82) is 0 Å². The van der Waals surface area contributed by atoms with Crippen molar-refractivity contribution in [3.63, 3.8) is 0 Å². The highest BCUT2D eigenvalue weighted by Crippen LogP contribution is 2.46. The first-order valence-corrected chi connectivity index (χ1v) is 8.66. The lowest BCUT2D eigenvalue weighted by atomic mass is 10.3. The zero-order chi connectivity index (χ0) is 15.4. The second-order valence-electron chi connectivity index (χ2n) is 4.97. The van der Waals surface area contributed by atoms with Crippen LogP contribution < -0.4 is 20.1 Å². The van der Waals surface area contributed by atoms with Crippen LogP contribution in [-0.4, -0.2) is 19.9 Å². The average molecular weight is 310 g/mol. The SMILES string of the molecule is COc1ccccc1P(c1ccccc1OC)C1C=CC=C1. The fourth-order valence-corrected chi connectivity index (χ4v) is 5.45. The Hall–Kier alpha value is -2.05. The molecule has 0 spiro atoms. The summed E-state index contributed by atoms with van der Waals surface area (Å²) in [4.78, 5) is 0. The molecule has 0 saturated heterocycles. The van der Waals surface area contributed by atoms with Crippen LogP contribution in [0.1, 0.15) is 0 Å². The molecule has 0 saturated carbocycles. The van der Waals surface area contributed by atoms with Gasteiger partial charge >= 0.3 is 0 Å². The predicted octanol–water partition coefficient (Wildman–Crippen LogP) is 3.63. The van der Waals surface area contributed by atoms with Crippen LogP contribution in [0, 0.1) is 0 Å². The van der Waals surface area contributed by atoms with Crippen molar-refractivity contribution >= 4 is 18.5 Å². The number of ether oxygens (including phenoxy) is 2. The van der Waals surface area contributed by atoms with E-state index in [1.807, 2.05) is 24.3 Å². The van der Waals surface area contributed by atoms with Crippen molar-refractivity contribution in [3.8, 4) is 11.5 Å². The molecular formula is C19H19O2P. The van der Waals surface area contributed by atoms with Crippen LogP contribution in [0.2, 0.25) is 0 Å². The van der Waals surface area contributed by atoms with E-state index in [1.54, 1.807) is 14.2 Å². The molecule has 2 nitrogen and oxygen atoms in total. The summed E-state index contributed by atoms with van der Waals surface area (Å²) in [5.74, 6) is 1.88. The Morgan fingerprint density at radius 1 is 0.727 bits per heavy atom. The van der Waals surface area contributed by atoms with Crippen molar-refractivity contribution in [3.05, 3.63) is 72.8 Å². The van der Waals surface area contributed by atoms with Gasteiger partial charge in [0.15, 0.2) is 0 Å². The van der Waals surface area contributed by atoms with Crippen LogP contribution >= 0.6 is 7.92 Å². The highest BCUT2D eigenvalue weighted by atomic mass is 31.1. The van der Waals surface area contributed by atoms with Gasteiger partial charge in [-0.25, -0.2) is 0 Å². The van der Waals surface area contributed by atoms with Crippen molar-refractivity contribution in [2.45, 2.75) is 5.66 Å². The van der Waals surface area contributed by atoms with Crippen molar-refractivity contribution in [2.75, 3.05) is 14.2 Å². The lowest BCUT2D eigenvalue weighted by Gasteiger charge is -2.26. The molecule has 3 rings (SSSR count). The van der Waals surface area contributed by atoms with Gasteiger partial charge < -0.3 is 9.47 Å². The van der Waals surface area contributed by atoms with Gasteiger partial charge in [-0.05, 0) is 20.1 Å². The number of allylic oxidation sites excluding steroid dienone is 4. The van der Waals surface area contributed by atoms with Gasteiger partial charge in [-0.1, -0.05) is 60.7 Å². The monoisotopic (exact) mass is 310 g/mol. The molecule has 2 aromatic carbocycles. The zero-order valence-electron chi connectivity index (χ0n) is 12.8. The van der Waals surface area contributed by atoms with Gasteiger partial charge in [0, 0.05) is 16.3 Å². The molecule has 3 heteroatoms. The Bertz CT molecular complexity index is 647. The van der Waals surface area contributed by atoms with Crippen LogP contribution in [0.25, 0.3) is 0 Å². The maximum Gasteiger partial charge on any atom is 0.126 e. The minimum absolute atomic E-state index is 0.364. The summed E-state index contributed by atoms with van der Waals surface area (Å²) in [7, 11) is 2.83. The number of hydrogen-bond acceptors (Lipinski definition) is 2. The van der Waals surface area contributed by atoms with Crippen molar-refractivity contribution < 1.29 is 9.47 Å². The molecule has 112 valence electrons. The first kappa shape index (κ1) is 14.9. The van der Waals surface area contributed by atoms with Crippen LogP contribution in [0.5, 0.6) is 11.5 Å². The number of rotatable bonds is 5. The largest absolute Gasteiger partial charge is 0.496 e. The Morgan fingerprint density at radius 2 is 1.18 bits per heavy atom. The van der Waals surface area contributed by atoms with E-state index in [9.17, 15) is 0 Å². The third-order valence-electron chi connectivity index (χ3n) is 3.72. The van der Waals surface area contributed by atoms with E-state index in [2.05, 4.69) is 48.6 Å². The summed E-state index contributed by atoms with van der Waals surface area (Å²) < 4.78 is 11.2. The summed E-state index contributed by atoms with van der Waals surface area (Å²) in [6.45, 7) is 0. The molecule has 0 radical (unpaired) electrons. The standard InChI is InChI=1S/C19H19O2P/c1-20-16-11-5-7-13-18(16)22(15-9-3-4-10-15)19-14-8-6-12-17(19)21-2/h3-15H,1-2H3. The fraction of sp³-hybridized carbons (Fsp3) is 0.158. The highest BCUT2D eigenvalue weighted by molar-refractivity contribution is 7.74. The van der Waals surface area contributed by atoms with Gasteiger partial charge in [-0.3, -0.25) is 0 Å². The first-order valence-electron chi connectivity index (χ1n) is 7.25. The molecule has 0 amide bonds. The third-order valence-corrected chi connectivity index (χ3v) is 6.43. The summed E-state index contributed by atoms with van der Waals surface area (Å²) in [5, 5.41) is 2.48. The normalized spacial score (nSPS) is 13.8. The van der Waals surface area contributed by atoms with E-state index in [0.29, 0.717) is 5.66 Å². The van der Waals surface area contributed by atoms with Crippen LogP contribution in [-0.2, 0) is 0 Å². The minimum atomic E-state index is -0.629. The fourth-order valence-electron chi connectivity index (χ4n) is 2.70. The van der Waals surface area contributed by atoms with E-state index in [-0.39, 0.29) is 0 Å². The van der Waals surface area contributed by atoms with Crippen LogP contribution in [0.4, 0.5) is 0 Å². The first-order chi connectivity index (χ1) is 10.8. The molecule has 1 aliphatic carbocycles. The molecular weight excluding hydrogens is 291 g/mol. The van der Waals surface area contributed by atoms with Gasteiger partial charge in [0.2, 0.25) is 0 Å². The highest BCUT2D eigenvalue weighted by Gasteiger charge is 2.27. The molecule has 0 unspecified atom stereocenters. The smallest absolute Gasteiger partial charge is 0.126 e. The quantitative estimate of drug-likeness (QED) is 0.785. The van der Waals surface area contributed by atoms with Crippen LogP contribution in [0.15, 0.2) is 72.8 Å². The van der Waals surface area contributed by atoms with Crippen molar-refractivity contribution in [1.82, 2.24) is 0 Å². The molecule has 0 aromatic heterocycles. The van der Waals surface area contributed by atoms with Gasteiger partial charge in [0.25, 0.3) is 0 Å². The molecule has 0 atom stereocenters. The second-order valence-corrected chi connectivity index (χ2v) is 7.27. The number of hydrogen-bond donors (Lipinski definition) is 0. The number of benzene rings is 2. The Labute approximate surface area is 132 Å². The van der Waals surface area contributed by atoms with E-state index in [1.165, 1.54) is 10.6 Å². The lowest BCUT2D eigenvalue weighted by molar-refractivity contribution is 0.417. The molecule has 22 heavy (non-hydrogen) atoms. The topological polar surface area (TPSA) is 18.5 Å². The van der Waals surface area contributed by atoms with Gasteiger partial charge in [-0.2, -0.15) is 0 Å². The summed E-state index contributed by atoms with van der Waals surface area (Å²) in [5.41, 5.74) is 0.364. The van der Waals surface area contributed by atoms with Crippen molar-refractivity contribution in [2.24, 2.45) is 0 Å². The van der Waals surface area contributed by atoms with E-state index in [4.69, 9.17) is 9.47 Å². The summed E-state index contributed by atoms with van der Waals surface area (Å²) >= 11 is 0. The third kappa shape index (κ3) is 2.80. The van der Waals surface area contributed by atoms with Gasteiger partial charge in [0.05, 0.1) is 14.2 Å². The van der Waals surface area contributed by atoms with E-state index >= 15 is 0 Å². The van der Waals surface area contributed by atoms with Gasteiger partial charge in [-0.15, -0.1) is 0 Å². The summed E-state index contributed by atoms with van der Waals surface area (Å²) in [6, 6.07) is 16.6. The molecule has 0 fully saturated rings. The van der Waals surface area contributed by atoms with E-state index in [0.717, 1.165) is 11.5 Å². The maximum absolute atomic E-state index is 5.61. The molecule has 0 bridgehead atoms.